The summed E-state index contributed by atoms with van der Waals surface area (Å²) in [4.78, 5) is 28.0. The molecule has 0 fully saturated rings. The second kappa shape index (κ2) is 13.7. The van der Waals surface area contributed by atoms with Crippen LogP contribution in [-0.2, 0) is 43.9 Å². The first kappa shape index (κ1) is 32.0. The number of carbonyl (C=O) groups excluding carboxylic acids is 2. The number of esters is 1. The van der Waals surface area contributed by atoms with E-state index in [0.717, 1.165) is 16.7 Å². The highest BCUT2D eigenvalue weighted by atomic mass is 35.5. The van der Waals surface area contributed by atoms with Crippen molar-refractivity contribution in [1.29, 1.82) is 0 Å². The fourth-order valence-corrected chi connectivity index (χ4v) is 6.66. The molecule has 0 atom stereocenters. The molecule has 0 unspecified atom stereocenters. The number of ether oxygens (including phenoxy) is 1. The van der Waals surface area contributed by atoms with Gasteiger partial charge >= 0.3 is 5.97 Å². The second-order valence-corrected chi connectivity index (χ2v) is 13.1. The van der Waals surface area contributed by atoms with Gasteiger partial charge < -0.3 is 14.1 Å². The molecule has 10 heteroatoms. The Balaban J connectivity index is 1.42. The van der Waals surface area contributed by atoms with E-state index >= 15 is 0 Å². The lowest BCUT2D eigenvalue weighted by Gasteiger charge is -2.21. The molecule has 0 N–H and O–H groups in total. The first-order valence-electron chi connectivity index (χ1n) is 14.3. The molecule has 1 aromatic heterocycles. The molecule has 0 radical (unpaired) electrons. The Morgan fingerprint density at radius 3 is 2.27 bits per heavy atom. The molecule has 1 amide bonds. The van der Waals surface area contributed by atoms with Crippen LogP contribution in [0.1, 0.15) is 35.1 Å². The van der Waals surface area contributed by atoms with Gasteiger partial charge in [0.05, 0.1) is 29.7 Å². The molecule has 0 saturated heterocycles. The van der Waals surface area contributed by atoms with Crippen LogP contribution in [0.4, 0.5) is 0 Å². The number of nitrogens with zero attached hydrogens (tertiary/aromatic N) is 2. The van der Waals surface area contributed by atoms with Gasteiger partial charge in [0.25, 0.3) is 5.91 Å². The highest BCUT2D eigenvalue weighted by Gasteiger charge is 2.37. The second-order valence-electron chi connectivity index (χ2n) is 10.7. The normalized spacial score (nSPS) is 14.6. The Kier molecular flexibility index (Phi) is 9.72. The maximum absolute atomic E-state index is 13.8. The maximum Gasteiger partial charge on any atom is 0.340 e. The summed E-state index contributed by atoms with van der Waals surface area (Å²) < 4.78 is 39.9. The van der Waals surface area contributed by atoms with Gasteiger partial charge in [0.15, 0.2) is 0 Å². The van der Waals surface area contributed by atoms with Crippen LogP contribution in [0.2, 0.25) is 5.02 Å². The molecule has 5 rings (SSSR count). The average molecular weight is 645 g/mol. The van der Waals surface area contributed by atoms with Crippen molar-refractivity contribution in [3.63, 3.8) is 0 Å². The number of sulfonamides is 1. The SMILES string of the molecule is COC(=O)C1=C(C)N(CCc2ccccc2)C(=O)/C1=C/c1ccc(CN(Cc2ccc(C)cc2)S(=O)(=O)c2ccc(Cl)cc2)o1. The molecule has 4 aromatic rings. The molecule has 0 spiro atoms. The predicted octanol–water partition coefficient (Wildman–Crippen LogP) is 6.55. The lowest BCUT2D eigenvalue weighted by molar-refractivity contribution is -0.136. The molecular weight excluding hydrogens is 612 g/mol. The van der Waals surface area contributed by atoms with E-state index in [1.165, 1.54) is 41.8 Å². The highest BCUT2D eigenvalue weighted by molar-refractivity contribution is 7.89. The van der Waals surface area contributed by atoms with Crippen molar-refractivity contribution >= 4 is 39.6 Å². The molecule has 1 aliphatic heterocycles. The number of amides is 1. The zero-order valence-electron chi connectivity index (χ0n) is 25.2. The van der Waals surface area contributed by atoms with E-state index in [9.17, 15) is 18.0 Å². The van der Waals surface area contributed by atoms with Crippen LogP contribution in [0.25, 0.3) is 6.08 Å². The number of allylic oxidation sites excluding steroid dienone is 1. The first-order chi connectivity index (χ1) is 21.6. The van der Waals surface area contributed by atoms with Crippen molar-refractivity contribution in [2.75, 3.05) is 13.7 Å². The highest BCUT2D eigenvalue weighted by Crippen LogP contribution is 2.32. The van der Waals surface area contributed by atoms with Gasteiger partial charge in [-0.05, 0) is 73.9 Å². The minimum atomic E-state index is -3.94. The van der Waals surface area contributed by atoms with Gasteiger partial charge in [-0.1, -0.05) is 71.8 Å². The van der Waals surface area contributed by atoms with Gasteiger partial charge in [-0.15, -0.1) is 0 Å². The van der Waals surface area contributed by atoms with Gasteiger partial charge in [-0.25, -0.2) is 13.2 Å². The summed E-state index contributed by atoms with van der Waals surface area (Å²) in [6, 6.07) is 26.7. The van der Waals surface area contributed by atoms with E-state index in [2.05, 4.69) is 0 Å². The molecule has 232 valence electrons. The van der Waals surface area contributed by atoms with Crippen LogP contribution >= 0.6 is 11.6 Å². The van der Waals surface area contributed by atoms with Crippen LogP contribution in [-0.4, -0.2) is 43.2 Å². The van der Waals surface area contributed by atoms with Crippen LogP contribution in [0.15, 0.2) is 117 Å². The standard InChI is InChI=1S/C35H33ClN2O6S/c1-24-9-11-27(12-10-24)22-37(45(41,42)31-17-13-28(36)14-18-31)23-30-16-15-29(44-30)21-32-33(35(40)43-3)25(2)38(34(32)39)20-19-26-7-5-4-6-8-26/h4-18,21H,19-20,22-23H2,1-3H3/b32-21+. The fraction of sp³-hybridized carbons (Fsp3) is 0.200. The lowest BCUT2D eigenvalue weighted by Crippen LogP contribution is -2.30. The summed E-state index contributed by atoms with van der Waals surface area (Å²) in [6.07, 6.45) is 2.11. The van der Waals surface area contributed by atoms with Gasteiger partial charge in [0.2, 0.25) is 10.0 Å². The summed E-state index contributed by atoms with van der Waals surface area (Å²) in [5.74, 6) is -0.308. The maximum atomic E-state index is 13.8. The Morgan fingerprint density at radius 1 is 0.911 bits per heavy atom. The summed E-state index contributed by atoms with van der Waals surface area (Å²) in [6.45, 7) is 4.09. The predicted molar refractivity (Wildman–Crippen MR) is 172 cm³/mol. The Bertz CT molecular complexity index is 1860. The quantitative estimate of drug-likeness (QED) is 0.136. The number of furan rings is 1. The minimum Gasteiger partial charge on any atom is -0.465 e. The van der Waals surface area contributed by atoms with Crippen molar-refractivity contribution in [2.45, 2.75) is 38.3 Å². The van der Waals surface area contributed by atoms with E-state index < -0.39 is 16.0 Å². The average Bonchev–Trinajstić information content (AvgIpc) is 3.57. The molecular formula is C35H33ClN2O6S. The van der Waals surface area contributed by atoms with Gasteiger partial charge in [-0.3, -0.25) is 4.79 Å². The summed E-state index contributed by atoms with van der Waals surface area (Å²) in [5.41, 5.74) is 3.75. The fourth-order valence-electron chi connectivity index (χ4n) is 5.13. The summed E-state index contributed by atoms with van der Waals surface area (Å²) >= 11 is 6.01. The number of methoxy groups -OCH3 is 1. The molecule has 2 heterocycles. The number of halogens is 1. The zero-order valence-corrected chi connectivity index (χ0v) is 26.8. The van der Waals surface area contributed by atoms with Crippen LogP contribution in [0.5, 0.6) is 0 Å². The number of carbonyl (C=O) groups is 2. The molecule has 1 aliphatic rings. The minimum absolute atomic E-state index is 0.0715. The Hall–Kier alpha value is -4.44. The number of hydrogen-bond donors (Lipinski definition) is 0. The Morgan fingerprint density at radius 2 is 1.60 bits per heavy atom. The summed E-state index contributed by atoms with van der Waals surface area (Å²) in [5, 5.41) is 0.429. The third-order valence-corrected chi connectivity index (χ3v) is 9.66. The van der Waals surface area contributed by atoms with Crippen molar-refractivity contribution in [1.82, 2.24) is 9.21 Å². The number of benzene rings is 3. The number of aryl methyl sites for hydroxylation is 1. The largest absolute Gasteiger partial charge is 0.465 e. The van der Waals surface area contributed by atoms with Gasteiger partial charge in [0.1, 0.15) is 11.5 Å². The van der Waals surface area contributed by atoms with Crippen molar-refractivity contribution in [3.8, 4) is 0 Å². The van der Waals surface area contributed by atoms with Crippen molar-refractivity contribution in [3.05, 3.63) is 141 Å². The molecule has 0 bridgehead atoms. The van der Waals surface area contributed by atoms with Crippen LogP contribution in [0.3, 0.4) is 0 Å². The van der Waals surface area contributed by atoms with E-state index in [4.69, 9.17) is 20.8 Å². The molecule has 0 saturated carbocycles. The van der Waals surface area contributed by atoms with E-state index in [-0.39, 0.29) is 35.0 Å². The van der Waals surface area contributed by atoms with Crippen molar-refractivity contribution in [2.24, 2.45) is 0 Å². The monoisotopic (exact) mass is 644 g/mol. The summed E-state index contributed by atoms with van der Waals surface area (Å²) in [7, 11) is -2.67. The van der Waals surface area contributed by atoms with Crippen molar-refractivity contribution < 1.29 is 27.2 Å². The molecule has 45 heavy (non-hydrogen) atoms. The van der Waals surface area contributed by atoms with E-state index in [0.29, 0.717) is 35.2 Å². The lowest BCUT2D eigenvalue weighted by atomic mass is 10.1. The van der Waals surface area contributed by atoms with E-state index in [1.807, 2.05) is 61.5 Å². The molecule has 8 nitrogen and oxygen atoms in total. The third-order valence-electron chi connectivity index (χ3n) is 7.60. The molecule has 3 aromatic carbocycles. The number of hydrogen-bond acceptors (Lipinski definition) is 6. The van der Waals surface area contributed by atoms with Gasteiger partial charge in [0, 0.05) is 23.8 Å². The molecule has 0 aliphatic carbocycles. The van der Waals surface area contributed by atoms with Crippen LogP contribution < -0.4 is 0 Å². The first-order valence-corrected chi connectivity index (χ1v) is 16.2. The zero-order chi connectivity index (χ0) is 32.1. The smallest absolute Gasteiger partial charge is 0.340 e. The van der Waals surface area contributed by atoms with Gasteiger partial charge in [-0.2, -0.15) is 4.31 Å². The topological polar surface area (TPSA) is 97.1 Å². The Labute approximate surface area is 268 Å². The van der Waals surface area contributed by atoms with E-state index in [1.54, 1.807) is 24.0 Å². The van der Waals surface area contributed by atoms with Crippen LogP contribution in [0, 0.1) is 6.92 Å². The number of rotatable bonds is 11. The third kappa shape index (κ3) is 7.28.